The summed E-state index contributed by atoms with van der Waals surface area (Å²) in [6.45, 7) is 4.14. The third-order valence-electron chi connectivity index (χ3n) is 2.58. The number of carbonyl (C=O) groups is 2. The third-order valence-corrected chi connectivity index (χ3v) is 2.58. The van der Waals surface area contributed by atoms with Crippen molar-refractivity contribution in [1.82, 2.24) is 4.90 Å². The smallest absolute Gasteiger partial charge is 0.241 e. The average molecular weight is 208 g/mol. The van der Waals surface area contributed by atoms with E-state index in [1.54, 1.807) is 11.8 Å². The van der Waals surface area contributed by atoms with Gasteiger partial charge in [-0.1, -0.05) is 5.92 Å². The van der Waals surface area contributed by atoms with Gasteiger partial charge in [-0.05, 0) is 20.3 Å². The molecule has 0 aromatic carbocycles. The molecule has 1 rings (SSSR count). The highest BCUT2D eigenvalue weighted by Crippen LogP contribution is 2.18. The molecule has 1 aliphatic rings. The fourth-order valence-corrected chi connectivity index (χ4v) is 1.94. The molecule has 0 bridgehead atoms. The van der Waals surface area contributed by atoms with Crippen molar-refractivity contribution in [2.75, 3.05) is 6.54 Å². The number of likely N-dealkylation sites (tertiary alicyclic amines) is 1. The van der Waals surface area contributed by atoms with Gasteiger partial charge in [-0.3, -0.25) is 9.59 Å². The van der Waals surface area contributed by atoms with Crippen molar-refractivity contribution >= 4 is 11.8 Å². The molecule has 0 aromatic rings. The van der Waals surface area contributed by atoms with Gasteiger partial charge < -0.3 is 10.6 Å². The SMILES string of the molecule is CC#CC(C)[C@@H](C(N)=O)N1CCCC1=O. The van der Waals surface area contributed by atoms with E-state index in [0.717, 1.165) is 6.42 Å². The van der Waals surface area contributed by atoms with Crippen LogP contribution in [-0.4, -0.2) is 29.3 Å². The first-order valence-corrected chi connectivity index (χ1v) is 5.09. The molecular weight excluding hydrogens is 192 g/mol. The number of amides is 2. The molecule has 2 N–H and O–H groups in total. The molecule has 4 nitrogen and oxygen atoms in total. The molecule has 0 spiro atoms. The zero-order chi connectivity index (χ0) is 11.4. The van der Waals surface area contributed by atoms with Gasteiger partial charge in [0.25, 0.3) is 0 Å². The summed E-state index contributed by atoms with van der Waals surface area (Å²) in [5.41, 5.74) is 5.31. The Hall–Kier alpha value is -1.50. The minimum atomic E-state index is -0.576. The quantitative estimate of drug-likeness (QED) is 0.670. The van der Waals surface area contributed by atoms with Crippen LogP contribution >= 0.6 is 0 Å². The Morgan fingerprint density at radius 1 is 1.60 bits per heavy atom. The average Bonchev–Trinajstić information content (AvgIpc) is 2.52. The van der Waals surface area contributed by atoms with Gasteiger partial charge in [0, 0.05) is 18.9 Å². The Labute approximate surface area is 89.8 Å². The van der Waals surface area contributed by atoms with Crippen LogP contribution < -0.4 is 5.73 Å². The first kappa shape index (κ1) is 11.6. The topological polar surface area (TPSA) is 63.4 Å². The number of hydrogen-bond donors (Lipinski definition) is 1. The number of primary amides is 1. The van der Waals surface area contributed by atoms with E-state index >= 15 is 0 Å². The van der Waals surface area contributed by atoms with E-state index < -0.39 is 11.9 Å². The van der Waals surface area contributed by atoms with Crippen molar-refractivity contribution in [1.29, 1.82) is 0 Å². The van der Waals surface area contributed by atoms with Crippen LogP contribution in [0.4, 0.5) is 0 Å². The molecule has 0 aromatic heterocycles. The van der Waals surface area contributed by atoms with Gasteiger partial charge in [-0.2, -0.15) is 0 Å². The lowest BCUT2D eigenvalue weighted by molar-refractivity contribution is -0.137. The number of nitrogens with zero attached hydrogens (tertiary/aromatic N) is 1. The highest BCUT2D eigenvalue weighted by molar-refractivity contribution is 5.88. The van der Waals surface area contributed by atoms with E-state index in [9.17, 15) is 9.59 Å². The lowest BCUT2D eigenvalue weighted by Gasteiger charge is -2.27. The monoisotopic (exact) mass is 208 g/mol. The first-order valence-electron chi connectivity index (χ1n) is 5.09. The molecule has 15 heavy (non-hydrogen) atoms. The molecule has 1 aliphatic heterocycles. The Bertz CT molecular complexity index is 327. The predicted molar refractivity (Wildman–Crippen MR) is 56.5 cm³/mol. The van der Waals surface area contributed by atoms with E-state index in [1.165, 1.54) is 0 Å². The van der Waals surface area contributed by atoms with Crippen LogP contribution in [-0.2, 0) is 9.59 Å². The van der Waals surface area contributed by atoms with Crippen LogP contribution in [0.15, 0.2) is 0 Å². The van der Waals surface area contributed by atoms with Crippen LogP contribution in [0.25, 0.3) is 0 Å². The maximum atomic E-state index is 11.5. The number of carbonyl (C=O) groups excluding carboxylic acids is 2. The second-order valence-electron chi connectivity index (χ2n) is 3.72. The summed E-state index contributed by atoms with van der Waals surface area (Å²) in [6.07, 6.45) is 1.31. The minimum Gasteiger partial charge on any atom is -0.368 e. The number of nitrogens with two attached hydrogens (primary N) is 1. The Balaban J connectivity index is 2.85. The molecular formula is C11H16N2O2. The Morgan fingerprint density at radius 3 is 2.67 bits per heavy atom. The minimum absolute atomic E-state index is 0.00329. The molecule has 1 unspecified atom stereocenters. The van der Waals surface area contributed by atoms with E-state index in [1.807, 2.05) is 6.92 Å². The molecule has 4 heteroatoms. The summed E-state index contributed by atoms with van der Waals surface area (Å²) in [6, 6.07) is -0.576. The number of rotatable bonds is 3. The van der Waals surface area contributed by atoms with Gasteiger partial charge in [0.2, 0.25) is 11.8 Å². The van der Waals surface area contributed by atoms with Crippen molar-refractivity contribution in [3.05, 3.63) is 0 Å². The van der Waals surface area contributed by atoms with Crippen LogP contribution in [0, 0.1) is 17.8 Å². The molecule has 0 saturated carbocycles. The van der Waals surface area contributed by atoms with Gasteiger partial charge in [-0.15, -0.1) is 5.92 Å². The molecule has 2 amide bonds. The fourth-order valence-electron chi connectivity index (χ4n) is 1.94. The van der Waals surface area contributed by atoms with E-state index in [2.05, 4.69) is 11.8 Å². The van der Waals surface area contributed by atoms with Crippen LogP contribution in [0.5, 0.6) is 0 Å². The molecule has 2 atom stereocenters. The first-order chi connectivity index (χ1) is 7.07. The van der Waals surface area contributed by atoms with Crippen LogP contribution in [0.1, 0.15) is 26.7 Å². The number of hydrogen-bond acceptors (Lipinski definition) is 2. The molecule has 82 valence electrons. The fraction of sp³-hybridized carbons (Fsp3) is 0.636. The summed E-state index contributed by atoms with van der Waals surface area (Å²) in [4.78, 5) is 24.4. The van der Waals surface area contributed by atoms with Crippen LogP contribution in [0.2, 0.25) is 0 Å². The van der Waals surface area contributed by atoms with Gasteiger partial charge >= 0.3 is 0 Å². The lowest BCUT2D eigenvalue weighted by atomic mass is 10.0. The lowest BCUT2D eigenvalue weighted by Crippen LogP contribution is -2.48. The Kier molecular flexibility index (Phi) is 3.73. The van der Waals surface area contributed by atoms with E-state index in [0.29, 0.717) is 13.0 Å². The maximum absolute atomic E-state index is 11.5. The van der Waals surface area contributed by atoms with E-state index in [-0.39, 0.29) is 11.8 Å². The van der Waals surface area contributed by atoms with Gasteiger partial charge in [0.15, 0.2) is 0 Å². The normalized spacial score (nSPS) is 19.3. The highest BCUT2D eigenvalue weighted by Gasteiger charge is 2.34. The van der Waals surface area contributed by atoms with E-state index in [4.69, 9.17) is 5.73 Å². The highest BCUT2D eigenvalue weighted by atomic mass is 16.2. The molecule has 0 aliphatic carbocycles. The van der Waals surface area contributed by atoms with Gasteiger partial charge in [0.1, 0.15) is 6.04 Å². The molecule has 1 saturated heterocycles. The summed E-state index contributed by atoms with van der Waals surface area (Å²) in [5, 5.41) is 0. The second kappa shape index (κ2) is 4.83. The third kappa shape index (κ3) is 2.50. The van der Waals surface area contributed by atoms with Gasteiger partial charge in [0.05, 0.1) is 0 Å². The maximum Gasteiger partial charge on any atom is 0.241 e. The molecule has 0 radical (unpaired) electrons. The van der Waals surface area contributed by atoms with Crippen molar-refractivity contribution in [2.45, 2.75) is 32.7 Å². The van der Waals surface area contributed by atoms with Crippen molar-refractivity contribution < 1.29 is 9.59 Å². The zero-order valence-electron chi connectivity index (χ0n) is 9.12. The zero-order valence-corrected chi connectivity index (χ0v) is 9.12. The second-order valence-corrected chi connectivity index (χ2v) is 3.72. The summed E-state index contributed by atoms with van der Waals surface area (Å²) >= 11 is 0. The Morgan fingerprint density at radius 2 is 2.27 bits per heavy atom. The predicted octanol–water partition coefficient (Wildman–Crippen LogP) is 0.122. The molecule has 1 fully saturated rings. The largest absolute Gasteiger partial charge is 0.368 e. The van der Waals surface area contributed by atoms with Gasteiger partial charge in [-0.25, -0.2) is 0 Å². The van der Waals surface area contributed by atoms with Crippen molar-refractivity contribution in [3.8, 4) is 11.8 Å². The standard InChI is InChI=1S/C11H16N2O2/c1-3-5-8(2)10(11(12)15)13-7-4-6-9(13)14/h8,10H,4,6-7H2,1-2H3,(H2,12,15)/t8?,10-/m0/s1. The molecule has 1 heterocycles. The van der Waals surface area contributed by atoms with Crippen molar-refractivity contribution in [3.63, 3.8) is 0 Å². The summed E-state index contributed by atoms with van der Waals surface area (Å²) < 4.78 is 0. The summed E-state index contributed by atoms with van der Waals surface area (Å²) in [7, 11) is 0. The van der Waals surface area contributed by atoms with Crippen LogP contribution in [0.3, 0.4) is 0 Å². The summed E-state index contributed by atoms with van der Waals surface area (Å²) in [5.74, 6) is 4.96. The van der Waals surface area contributed by atoms with Crippen molar-refractivity contribution in [2.24, 2.45) is 11.7 Å².